The fourth-order valence-electron chi connectivity index (χ4n) is 1.45. The summed E-state index contributed by atoms with van der Waals surface area (Å²) in [5, 5.41) is 58.5. The van der Waals surface area contributed by atoms with Crippen LogP contribution in [0.5, 0.6) is 0 Å². The van der Waals surface area contributed by atoms with Gasteiger partial charge >= 0.3 is 41.8 Å². The van der Waals surface area contributed by atoms with E-state index >= 15 is 0 Å². The molecule has 170 valence electrons. The number of aliphatic carboxylic acids is 7. The molecular weight excluding hydrogens is 424 g/mol. The monoisotopic (exact) mass is 442 g/mol. The van der Waals surface area contributed by atoms with E-state index in [9.17, 15) is 33.6 Å². The summed E-state index contributed by atoms with van der Waals surface area (Å²) in [6.07, 6.45) is -8.12. The zero-order valence-electron chi connectivity index (χ0n) is 14.9. The van der Waals surface area contributed by atoms with Crippen molar-refractivity contribution in [2.45, 2.75) is 37.6 Å². The maximum Gasteiger partial charge on any atom is 0.333 e. The highest BCUT2D eigenvalue weighted by atomic mass is 16.5. The van der Waals surface area contributed by atoms with Crippen molar-refractivity contribution >= 4 is 41.8 Å². The molecule has 0 aromatic carbocycles. The van der Waals surface area contributed by atoms with Gasteiger partial charge in [-0.2, -0.15) is 0 Å². The van der Waals surface area contributed by atoms with Crippen LogP contribution in [0.3, 0.4) is 0 Å². The molecule has 0 bridgehead atoms. The lowest BCUT2D eigenvalue weighted by Crippen LogP contribution is -2.36. The van der Waals surface area contributed by atoms with Gasteiger partial charge in [0.1, 0.15) is 6.61 Å². The van der Waals surface area contributed by atoms with Crippen LogP contribution in [-0.4, -0.2) is 102 Å². The smallest absolute Gasteiger partial charge is 0.333 e. The molecule has 0 saturated carbocycles. The molecule has 7 N–H and O–H groups in total. The molecule has 0 aromatic heterocycles. The molecule has 0 fully saturated rings. The van der Waals surface area contributed by atoms with E-state index < -0.39 is 86.0 Å². The highest BCUT2D eigenvalue weighted by Gasteiger charge is 2.30. The first-order valence-corrected chi connectivity index (χ1v) is 7.49. The second kappa shape index (κ2) is 14.2. The van der Waals surface area contributed by atoms with E-state index in [2.05, 4.69) is 9.47 Å². The van der Waals surface area contributed by atoms with Gasteiger partial charge < -0.3 is 45.2 Å². The van der Waals surface area contributed by atoms with Crippen molar-refractivity contribution in [1.82, 2.24) is 0 Å². The fraction of sp³-hybridized carbons (Fsp3) is 0.500. The molecule has 0 spiro atoms. The molecule has 30 heavy (non-hydrogen) atoms. The zero-order chi connectivity index (χ0) is 24.0. The van der Waals surface area contributed by atoms with E-state index in [1.54, 1.807) is 0 Å². The van der Waals surface area contributed by atoms with E-state index in [-0.39, 0.29) is 0 Å². The second-order valence-electron chi connectivity index (χ2n) is 5.12. The minimum atomic E-state index is -1.91. The van der Waals surface area contributed by atoms with E-state index in [0.717, 1.165) is 0 Å². The summed E-state index contributed by atoms with van der Waals surface area (Å²) in [7, 11) is 0. The minimum absolute atomic E-state index is 0.761. The van der Waals surface area contributed by atoms with Gasteiger partial charge in [0, 0.05) is 0 Å². The predicted molar refractivity (Wildman–Crippen MR) is 85.7 cm³/mol. The summed E-state index contributed by atoms with van der Waals surface area (Å²) in [5.41, 5.74) is 0. The number of hydrogen-bond donors (Lipinski definition) is 7. The summed E-state index contributed by atoms with van der Waals surface area (Å²) in [4.78, 5) is 71.9. The number of carboxylic acids is 7. The Morgan fingerprint density at radius 1 is 0.500 bits per heavy atom. The number of rotatable bonds is 14. The van der Waals surface area contributed by atoms with Gasteiger partial charge in [0.05, 0.1) is 19.3 Å². The van der Waals surface area contributed by atoms with Crippen LogP contribution < -0.4 is 0 Å². The largest absolute Gasteiger partial charge is 0.481 e. The lowest BCUT2D eigenvalue weighted by molar-refractivity contribution is -0.172. The first-order valence-electron chi connectivity index (χ1n) is 7.49. The average molecular weight is 442 g/mol. The Hall–Kier alpha value is -3.79. The molecule has 0 radical (unpaired) electrons. The number of carbonyl (C=O) groups is 7. The van der Waals surface area contributed by atoms with E-state index in [1.165, 1.54) is 0 Å². The molecule has 0 rings (SSSR count). The van der Waals surface area contributed by atoms with Crippen molar-refractivity contribution in [2.24, 2.45) is 0 Å². The Morgan fingerprint density at radius 2 is 0.800 bits per heavy atom. The second-order valence-corrected chi connectivity index (χ2v) is 5.12. The highest BCUT2D eigenvalue weighted by molar-refractivity contribution is 5.82. The molecule has 16 heteroatoms. The Kier molecular flexibility index (Phi) is 13.5. The number of ether oxygens (including phenoxy) is 2. The molecule has 0 aliphatic carbocycles. The summed E-state index contributed by atoms with van der Waals surface area (Å²) in [5.74, 6) is -10.6. The standard InChI is InChI=1S/C8H10O9.C6H8O7/c9-5(10)1-3(7(13)14)17-4(8(15)16)2-6(11)12;7-4(8)1-3(6(11)12)13-2-5(9)10/h3-4H,1-2H2,(H,9,10)(H,11,12)(H,13,14)(H,15,16);3H,1-2H2,(H,7,8)(H,9,10)(H,11,12). The van der Waals surface area contributed by atoms with Crippen molar-refractivity contribution in [2.75, 3.05) is 6.61 Å². The van der Waals surface area contributed by atoms with Crippen molar-refractivity contribution in [1.29, 1.82) is 0 Å². The quantitative estimate of drug-likeness (QED) is 0.151. The van der Waals surface area contributed by atoms with Crippen LogP contribution in [-0.2, 0) is 43.0 Å². The third kappa shape index (κ3) is 15.3. The molecule has 0 heterocycles. The van der Waals surface area contributed by atoms with Gasteiger partial charge in [0.15, 0.2) is 18.3 Å². The Labute approximate surface area is 165 Å². The average Bonchev–Trinajstić information content (AvgIpc) is 2.56. The summed E-state index contributed by atoms with van der Waals surface area (Å²) in [6, 6.07) is 0. The maximum absolute atomic E-state index is 10.6. The maximum atomic E-state index is 10.6. The lowest BCUT2D eigenvalue weighted by atomic mass is 10.2. The summed E-state index contributed by atoms with van der Waals surface area (Å²) in [6.45, 7) is -0.829. The van der Waals surface area contributed by atoms with Crippen LogP contribution in [0.15, 0.2) is 0 Å². The van der Waals surface area contributed by atoms with E-state index in [4.69, 9.17) is 35.7 Å². The first kappa shape index (κ1) is 28.4. The molecule has 3 atom stereocenters. The molecule has 0 saturated heterocycles. The van der Waals surface area contributed by atoms with Gasteiger partial charge in [0.2, 0.25) is 0 Å². The molecule has 0 aliphatic rings. The summed E-state index contributed by atoms with van der Waals surface area (Å²) >= 11 is 0. The van der Waals surface area contributed by atoms with Crippen LogP contribution in [0, 0.1) is 0 Å². The molecule has 0 aliphatic heterocycles. The Morgan fingerprint density at radius 3 is 1.03 bits per heavy atom. The SMILES string of the molecule is O=C(O)CC(OC(CC(=O)O)C(=O)O)C(=O)O.O=C(O)COC(CC(=O)O)C(=O)O. The van der Waals surface area contributed by atoms with Gasteiger partial charge in [0.25, 0.3) is 0 Å². The Balaban J connectivity index is 0. The zero-order valence-corrected chi connectivity index (χ0v) is 14.9. The molecular formula is C14H18O16. The van der Waals surface area contributed by atoms with Gasteiger partial charge in [-0.15, -0.1) is 0 Å². The van der Waals surface area contributed by atoms with Gasteiger partial charge in [-0.3, -0.25) is 14.4 Å². The normalized spacial score (nSPS) is 12.9. The summed E-state index contributed by atoms with van der Waals surface area (Å²) < 4.78 is 8.73. The van der Waals surface area contributed by atoms with Crippen molar-refractivity contribution in [3.05, 3.63) is 0 Å². The van der Waals surface area contributed by atoms with Crippen LogP contribution in [0.4, 0.5) is 0 Å². The third-order valence-electron chi connectivity index (χ3n) is 2.64. The number of hydrogen-bond acceptors (Lipinski definition) is 9. The van der Waals surface area contributed by atoms with Gasteiger partial charge in [-0.25, -0.2) is 19.2 Å². The Bertz CT molecular complexity index is 635. The van der Waals surface area contributed by atoms with Crippen LogP contribution in [0.1, 0.15) is 19.3 Å². The van der Waals surface area contributed by atoms with Crippen molar-refractivity contribution < 1.29 is 78.8 Å². The van der Waals surface area contributed by atoms with Gasteiger partial charge in [-0.1, -0.05) is 0 Å². The highest BCUT2D eigenvalue weighted by Crippen LogP contribution is 2.08. The molecule has 0 aromatic rings. The van der Waals surface area contributed by atoms with Crippen LogP contribution in [0.25, 0.3) is 0 Å². The molecule has 16 nitrogen and oxygen atoms in total. The minimum Gasteiger partial charge on any atom is -0.481 e. The third-order valence-corrected chi connectivity index (χ3v) is 2.64. The van der Waals surface area contributed by atoms with Crippen molar-refractivity contribution in [3.63, 3.8) is 0 Å². The van der Waals surface area contributed by atoms with Crippen LogP contribution in [0.2, 0.25) is 0 Å². The number of carboxylic acid groups (broad SMARTS) is 7. The molecule has 3 unspecified atom stereocenters. The first-order chi connectivity index (χ1) is 13.7. The van der Waals surface area contributed by atoms with E-state index in [1.807, 2.05) is 0 Å². The fourth-order valence-corrected chi connectivity index (χ4v) is 1.45. The van der Waals surface area contributed by atoms with Gasteiger partial charge in [-0.05, 0) is 0 Å². The molecule has 0 amide bonds. The predicted octanol–water partition coefficient (Wildman–Crippen LogP) is -2.13. The van der Waals surface area contributed by atoms with Crippen LogP contribution >= 0.6 is 0 Å². The van der Waals surface area contributed by atoms with Crippen molar-refractivity contribution in [3.8, 4) is 0 Å². The lowest BCUT2D eigenvalue weighted by Gasteiger charge is -2.16. The van der Waals surface area contributed by atoms with E-state index in [0.29, 0.717) is 0 Å². The topological polar surface area (TPSA) is 280 Å².